The maximum atomic E-state index is 12.4. The summed E-state index contributed by atoms with van der Waals surface area (Å²) in [6, 6.07) is 12.9. The van der Waals surface area contributed by atoms with Crippen LogP contribution in [0, 0.1) is 0 Å². The van der Waals surface area contributed by atoms with Crippen molar-refractivity contribution in [2.24, 2.45) is 0 Å². The van der Waals surface area contributed by atoms with Crippen LogP contribution in [0.2, 0.25) is 0 Å². The van der Waals surface area contributed by atoms with Crippen LogP contribution in [0.4, 0.5) is 0 Å². The van der Waals surface area contributed by atoms with Crippen molar-refractivity contribution in [2.45, 2.75) is 0 Å². The lowest BCUT2D eigenvalue weighted by atomic mass is 10.1. The molecule has 0 saturated carbocycles. The molecule has 122 valence electrons. The van der Waals surface area contributed by atoms with Crippen LogP contribution in [0.15, 0.2) is 67.3 Å². The van der Waals surface area contributed by atoms with Crippen LogP contribution in [0.5, 0.6) is 0 Å². The smallest absolute Gasteiger partial charge is 0.324 e. The maximum Gasteiger partial charge on any atom is 0.364 e. The van der Waals surface area contributed by atoms with Crippen molar-refractivity contribution < 1.29 is 19.2 Å². The first kappa shape index (κ1) is 14.8. The molecule has 3 aromatic rings. The van der Waals surface area contributed by atoms with Crippen molar-refractivity contribution in [3.05, 3.63) is 83.9 Å². The molecule has 25 heavy (non-hydrogen) atoms. The molecule has 1 aromatic heterocycles. The molecule has 0 unspecified atom stereocenters. The summed E-state index contributed by atoms with van der Waals surface area (Å²) in [6.45, 7) is 0. The fourth-order valence-electron chi connectivity index (χ4n) is 2.59. The number of rotatable bonds is 3. The molecule has 0 fully saturated rings. The Morgan fingerprint density at radius 2 is 1.68 bits per heavy atom. The summed E-state index contributed by atoms with van der Waals surface area (Å²) in [7, 11) is 0. The van der Waals surface area contributed by atoms with Gasteiger partial charge in [-0.3, -0.25) is 9.59 Å². The van der Waals surface area contributed by atoms with Gasteiger partial charge in [0.25, 0.3) is 11.8 Å². The molecule has 2 heterocycles. The van der Waals surface area contributed by atoms with Crippen LogP contribution >= 0.6 is 0 Å². The zero-order valence-electron chi connectivity index (χ0n) is 12.8. The van der Waals surface area contributed by atoms with E-state index in [2.05, 4.69) is 4.98 Å². The lowest BCUT2D eigenvalue weighted by Gasteiger charge is -2.13. The summed E-state index contributed by atoms with van der Waals surface area (Å²) in [4.78, 5) is 45.9. The lowest BCUT2D eigenvalue weighted by Crippen LogP contribution is -2.32. The summed E-state index contributed by atoms with van der Waals surface area (Å²) < 4.78 is 1.72. The second kappa shape index (κ2) is 5.72. The van der Waals surface area contributed by atoms with E-state index >= 15 is 0 Å². The Hall–Kier alpha value is -3.74. The van der Waals surface area contributed by atoms with Gasteiger partial charge in [-0.1, -0.05) is 23.3 Å². The van der Waals surface area contributed by atoms with Gasteiger partial charge < -0.3 is 9.40 Å². The number of imide groups is 1. The monoisotopic (exact) mass is 333 g/mol. The van der Waals surface area contributed by atoms with E-state index in [0.29, 0.717) is 10.8 Å². The van der Waals surface area contributed by atoms with Gasteiger partial charge in [0.1, 0.15) is 0 Å². The van der Waals surface area contributed by atoms with E-state index < -0.39 is 17.8 Å². The number of benzene rings is 2. The van der Waals surface area contributed by atoms with Crippen LogP contribution in [-0.2, 0) is 4.84 Å². The highest BCUT2D eigenvalue weighted by atomic mass is 16.7. The first-order valence-corrected chi connectivity index (χ1v) is 7.43. The molecule has 0 saturated heterocycles. The molecule has 2 aromatic carbocycles. The molecule has 0 radical (unpaired) electrons. The van der Waals surface area contributed by atoms with Crippen LogP contribution in [-0.4, -0.2) is 32.4 Å². The normalized spacial score (nSPS) is 13.0. The van der Waals surface area contributed by atoms with Gasteiger partial charge in [-0.25, -0.2) is 9.78 Å². The predicted molar refractivity (Wildman–Crippen MR) is 85.9 cm³/mol. The number of hydrogen-bond donors (Lipinski definition) is 0. The molecule has 0 atom stereocenters. The van der Waals surface area contributed by atoms with E-state index in [9.17, 15) is 14.4 Å². The highest BCUT2D eigenvalue weighted by Crippen LogP contribution is 2.23. The fourth-order valence-corrected chi connectivity index (χ4v) is 2.59. The Morgan fingerprint density at radius 1 is 0.960 bits per heavy atom. The van der Waals surface area contributed by atoms with Gasteiger partial charge in [-0.2, -0.15) is 0 Å². The third kappa shape index (κ3) is 2.47. The summed E-state index contributed by atoms with van der Waals surface area (Å²) >= 11 is 0. The highest BCUT2D eigenvalue weighted by molar-refractivity contribution is 6.21. The van der Waals surface area contributed by atoms with Crippen molar-refractivity contribution in [1.29, 1.82) is 0 Å². The number of nitrogens with zero attached hydrogens (tertiary/aromatic N) is 3. The number of hydroxylamine groups is 2. The first-order valence-electron chi connectivity index (χ1n) is 7.43. The number of carbonyl (C=O) groups excluding carboxylic acids is 3. The average molecular weight is 333 g/mol. The third-order valence-corrected chi connectivity index (χ3v) is 3.82. The van der Waals surface area contributed by atoms with E-state index in [1.54, 1.807) is 59.7 Å². The summed E-state index contributed by atoms with van der Waals surface area (Å²) in [5.74, 6) is -2.10. The van der Waals surface area contributed by atoms with Crippen molar-refractivity contribution >= 4 is 17.8 Å². The summed E-state index contributed by atoms with van der Waals surface area (Å²) in [5, 5.41) is 0.497. The zero-order valence-corrected chi connectivity index (χ0v) is 12.8. The highest BCUT2D eigenvalue weighted by Gasteiger charge is 2.38. The fraction of sp³-hybridized carbons (Fsp3) is 0. The van der Waals surface area contributed by atoms with Crippen LogP contribution in [0.3, 0.4) is 0 Å². The van der Waals surface area contributed by atoms with Crippen LogP contribution < -0.4 is 0 Å². The molecular weight excluding hydrogens is 322 g/mol. The molecule has 0 bridgehead atoms. The van der Waals surface area contributed by atoms with Gasteiger partial charge in [0.2, 0.25) is 0 Å². The summed E-state index contributed by atoms with van der Waals surface area (Å²) in [6.07, 6.45) is 4.94. The van der Waals surface area contributed by atoms with Gasteiger partial charge in [-0.15, -0.1) is 0 Å². The maximum absolute atomic E-state index is 12.4. The van der Waals surface area contributed by atoms with Crippen LogP contribution in [0.1, 0.15) is 31.1 Å². The molecular formula is C18H11N3O4. The van der Waals surface area contributed by atoms with E-state index in [-0.39, 0.29) is 16.7 Å². The second-order valence-electron chi connectivity index (χ2n) is 5.35. The molecule has 4 rings (SSSR count). The second-order valence-corrected chi connectivity index (χ2v) is 5.35. The minimum Gasteiger partial charge on any atom is -0.324 e. The number of amides is 2. The number of imidazole rings is 1. The molecule has 0 aliphatic carbocycles. The van der Waals surface area contributed by atoms with E-state index in [1.165, 1.54) is 12.1 Å². The lowest BCUT2D eigenvalue weighted by molar-refractivity contribution is -0.0584. The van der Waals surface area contributed by atoms with Gasteiger partial charge in [0.05, 0.1) is 23.0 Å². The van der Waals surface area contributed by atoms with Crippen molar-refractivity contribution in [3.8, 4) is 5.69 Å². The summed E-state index contributed by atoms with van der Waals surface area (Å²) in [5.41, 5.74) is 1.34. The minimum absolute atomic E-state index is 0.211. The van der Waals surface area contributed by atoms with Crippen molar-refractivity contribution in [3.63, 3.8) is 0 Å². The van der Waals surface area contributed by atoms with E-state index in [4.69, 9.17) is 4.84 Å². The molecule has 0 N–H and O–H groups in total. The SMILES string of the molecule is O=C(ON1C(=O)c2ccccc2C1=O)c1cccc(-n2ccnc2)c1. The molecule has 7 nitrogen and oxygen atoms in total. The standard InChI is InChI=1S/C18H11N3O4/c22-16-14-6-1-2-7-15(14)17(23)21(16)25-18(24)12-4-3-5-13(10-12)20-9-8-19-11-20/h1-11H. The Morgan fingerprint density at radius 3 is 2.32 bits per heavy atom. The Labute approximate surface area is 142 Å². The number of fused-ring (bicyclic) bond motifs is 1. The van der Waals surface area contributed by atoms with Gasteiger partial charge in [-0.05, 0) is 30.3 Å². The largest absolute Gasteiger partial charge is 0.364 e. The Bertz CT molecular complexity index is 960. The molecule has 1 aliphatic heterocycles. The van der Waals surface area contributed by atoms with Gasteiger partial charge >= 0.3 is 5.97 Å². The molecule has 2 amide bonds. The quantitative estimate of drug-likeness (QED) is 0.687. The van der Waals surface area contributed by atoms with Gasteiger partial charge in [0.15, 0.2) is 0 Å². The predicted octanol–water partition coefficient (Wildman–Crippen LogP) is 2.24. The molecule has 1 aliphatic rings. The molecule has 0 spiro atoms. The van der Waals surface area contributed by atoms with Crippen molar-refractivity contribution in [1.82, 2.24) is 14.6 Å². The van der Waals surface area contributed by atoms with Crippen molar-refractivity contribution in [2.75, 3.05) is 0 Å². The molecule has 7 heteroatoms. The average Bonchev–Trinajstić information content (AvgIpc) is 3.26. The minimum atomic E-state index is -0.795. The van der Waals surface area contributed by atoms with Gasteiger partial charge in [0, 0.05) is 18.1 Å². The number of aromatic nitrogens is 2. The van der Waals surface area contributed by atoms with Crippen LogP contribution in [0.25, 0.3) is 5.69 Å². The van der Waals surface area contributed by atoms with E-state index in [0.717, 1.165) is 0 Å². The zero-order chi connectivity index (χ0) is 17.4. The topological polar surface area (TPSA) is 81.5 Å². The third-order valence-electron chi connectivity index (χ3n) is 3.82. The Balaban J connectivity index is 1.58. The van der Waals surface area contributed by atoms with E-state index in [1.807, 2.05) is 0 Å². The Kier molecular flexibility index (Phi) is 3.39. The number of carbonyl (C=O) groups is 3. The first-order chi connectivity index (χ1) is 12.1. The number of hydrogen-bond acceptors (Lipinski definition) is 5.